The maximum absolute atomic E-state index is 13.8. The van der Waals surface area contributed by atoms with Crippen LogP contribution < -0.4 is 0 Å². The Bertz CT molecular complexity index is 1620. The van der Waals surface area contributed by atoms with Crippen LogP contribution in [0.4, 0.5) is 17.6 Å². The minimum atomic E-state index is -0.657. The van der Waals surface area contributed by atoms with Crippen molar-refractivity contribution in [1.82, 2.24) is 9.13 Å². The normalized spacial score (nSPS) is 14.9. The zero-order valence-corrected chi connectivity index (χ0v) is 28.5. The van der Waals surface area contributed by atoms with Gasteiger partial charge in [-0.05, 0) is 99.8 Å². The topological polar surface area (TPSA) is 9.86 Å². The number of aryl methyl sites for hydroxylation is 4. The minimum Gasteiger partial charge on any atom is -0.369 e. The Kier molecular flexibility index (Phi) is 13.5. The monoisotopic (exact) mass is 670 g/mol. The molecule has 4 aliphatic carbocycles. The fourth-order valence-corrected chi connectivity index (χ4v) is 6.27. The first-order chi connectivity index (χ1) is 22.3. The molecule has 2 aromatic heterocycles. The first-order valence-corrected chi connectivity index (χ1v) is 15.9. The Labute approximate surface area is 291 Å². The van der Waals surface area contributed by atoms with Crippen LogP contribution in [0.1, 0.15) is 72.4 Å². The largest absolute Gasteiger partial charge is 4.00 e. The minimum absolute atomic E-state index is 0. The van der Waals surface area contributed by atoms with E-state index in [0.29, 0.717) is 11.4 Å². The van der Waals surface area contributed by atoms with Gasteiger partial charge in [-0.1, -0.05) is 0 Å². The number of nitrogens with zero attached hydrogens (tertiary/aromatic N) is 2. The van der Waals surface area contributed by atoms with Gasteiger partial charge in [0.1, 0.15) is 0 Å². The zero-order chi connectivity index (χ0) is 32.5. The molecule has 2 heterocycles. The van der Waals surface area contributed by atoms with E-state index in [1.165, 1.54) is 48.2 Å². The second kappa shape index (κ2) is 17.5. The molecule has 0 fully saturated rings. The van der Waals surface area contributed by atoms with Gasteiger partial charge in [-0.3, -0.25) is 12.2 Å². The van der Waals surface area contributed by atoms with Gasteiger partial charge in [-0.2, -0.15) is 12.2 Å². The average molecular weight is 671 g/mol. The Balaban J connectivity index is 0.000000162. The van der Waals surface area contributed by atoms with Crippen LogP contribution >= 0.6 is 0 Å². The number of hydrogen-bond acceptors (Lipinski definition) is 0. The van der Waals surface area contributed by atoms with Crippen LogP contribution in [0.25, 0.3) is 11.4 Å². The summed E-state index contributed by atoms with van der Waals surface area (Å²) in [6.07, 6.45) is 28.7. The van der Waals surface area contributed by atoms with E-state index in [2.05, 4.69) is 48.6 Å². The van der Waals surface area contributed by atoms with Crippen LogP contribution in [-0.4, -0.2) is 9.13 Å². The molecule has 0 spiro atoms. The standard InChI is InChI=1S/2C15H14F2N.2C5H5.Ti/c2*1-10-8-11-4-2-3-5-14(11)18(10)15-7-6-12(16)9-13(15)17;2*1-2-4-5-3-1;/h2*6-8H,2-5H2,1H3;2*1-3H,4H2;/q4*-1;+4. The van der Waals surface area contributed by atoms with Crippen LogP contribution in [0, 0.1) is 61.4 Å². The van der Waals surface area contributed by atoms with E-state index in [1.807, 2.05) is 47.3 Å². The third kappa shape index (κ3) is 9.27. The number of aromatic nitrogens is 2. The van der Waals surface area contributed by atoms with Gasteiger partial charge in [0.25, 0.3) is 0 Å². The number of fused-ring (bicyclic) bond motifs is 2. The number of allylic oxidation sites excluding steroid dienone is 8. The van der Waals surface area contributed by atoms with Gasteiger partial charge < -0.3 is 9.13 Å². The Hall–Kier alpha value is -3.61. The fraction of sp³-hybridized carbons (Fsp3) is 0.300. The van der Waals surface area contributed by atoms with Crippen molar-refractivity contribution in [1.29, 1.82) is 0 Å². The molecular formula is C40H38F4N2Ti. The summed E-state index contributed by atoms with van der Waals surface area (Å²) in [5.41, 5.74) is 7.72. The predicted molar refractivity (Wildman–Crippen MR) is 175 cm³/mol. The van der Waals surface area contributed by atoms with Crippen molar-refractivity contribution >= 4 is 0 Å². The maximum Gasteiger partial charge on any atom is 4.00 e. The SMILES string of the molecule is Cc1cc2c(n1-c1ccc(F)[c-]c1F)CCCC2.Cc1cc2c(n1-c1ccc(F)[c-]c1F)CCCC2.[C-]1=CC=CC1.[C-]1=CC=CC1.[Ti+4]. The molecule has 2 nitrogen and oxygen atoms in total. The molecule has 0 N–H and O–H groups in total. The molecule has 240 valence electrons. The predicted octanol–water partition coefficient (Wildman–Crippen LogP) is 10.1. The van der Waals surface area contributed by atoms with Gasteiger partial charge in [0.05, 0.1) is 0 Å². The quantitative estimate of drug-likeness (QED) is 0.114. The van der Waals surface area contributed by atoms with Gasteiger partial charge in [0.15, 0.2) is 0 Å². The van der Waals surface area contributed by atoms with Gasteiger partial charge in [0, 0.05) is 46.0 Å². The van der Waals surface area contributed by atoms with Crippen molar-refractivity contribution in [3.63, 3.8) is 0 Å². The van der Waals surface area contributed by atoms with Crippen molar-refractivity contribution in [3.8, 4) is 11.4 Å². The first-order valence-electron chi connectivity index (χ1n) is 15.9. The third-order valence-electron chi connectivity index (χ3n) is 8.31. The molecule has 4 aliphatic rings. The zero-order valence-electron chi connectivity index (χ0n) is 26.9. The average Bonchev–Trinajstić information content (AvgIpc) is 3.87. The fourth-order valence-electron chi connectivity index (χ4n) is 6.27. The number of halogens is 4. The second-order valence-electron chi connectivity index (χ2n) is 11.6. The Morgan fingerprint density at radius 3 is 1.30 bits per heavy atom. The summed E-state index contributed by atoms with van der Waals surface area (Å²) in [6.45, 7) is 3.92. The van der Waals surface area contributed by atoms with Crippen molar-refractivity contribution in [3.05, 3.63) is 154 Å². The van der Waals surface area contributed by atoms with Crippen LogP contribution in [-0.2, 0) is 47.4 Å². The van der Waals surface area contributed by atoms with Gasteiger partial charge >= 0.3 is 21.7 Å². The van der Waals surface area contributed by atoms with Crippen molar-refractivity contribution in [2.45, 2.75) is 78.1 Å². The summed E-state index contributed by atoms with van der Waals surface area (Å²) in [4.78, 5) is 0. The smallest absolute Gasteiger partial charge is 0.369 e. The van der Waals surface area contributed by atoms with E-state index in [9.17, 15) is 17.6 Å². The van der Waals surface area contributed by atoms with Crippen molar-refractivity contribution in [2.75, 3.05) is 0 Å². The van der Waals surface area contributed by atoms with Crippen LogP contribution in [0.5, 0.6) is 0 Å². The Morgan fingerprint density at radius 2 is 0.979 bits per heavy atom. The number of hydrogen-bond donors (Lipinski definition) is 0. The maximum atomic E-state index is 13.8. The molecule has 0 aliphatic heterocycles. The molecule has 8 rings (SSSR count). The molecule has 0 radical (unpaired) electrons. The van der Waals surface area contributed by atoms with Gasteiger partial charge in [-0.25, -0.2) is 41.9 Å². The molecule has 0 bridgehead atoms. The summed E-state index contributed by atoms with van der Waals surface area (Å²) in [5.74, 6) is -2.56. The van der Waals surface area contributed by atoms with E-state index < -0.39 is 23.3 Å². The summed E-state index contributed by atoms with van der Waals surface area (Å²) >= 11 is 0. The molecule has 0 saturated heterocycles. The molecular weight excluding hydrogens is 632 g/mol. The molecule has 0 atom stereocenters. The van der Waals surface area contributed by atoms with E-state index in [0.717, 1.165) is 74.1 Å². The van der Waals surface area contributed by atoms with Gasteiger partial charge in [0.2, 0.25) is 0 Å². The molecule has 7 heteroatoms. The molecule has 47 heavy (non-hydrogen) atoms. The van der Waals surface area contributed by atoms with Crippen LogP contribution in [0.3, 0.4) is 0 Å². The summed E-state index contributed by atoms with van der Waals surface area (Å²) in [6, 6.07) is 13.9. The van der Waals surface area contributed by atoms with E-state index in [4.69, 9.17) is 0 Å². The summed E-state index contributed by atoms with van der Waals surface area (Å²) in [5, 5.41) is 0. The number of benzene rings is 2. The summed E-state index contributed by atoms with van der Waals surface area (Å²) in [7, 11) is 0. The Morgan fingerprint density at radius 1 is 0.574 bits per heavy atom. The number of rotatable bonds is 2. The van der Waals surface area contributed by atoms with Crippen LogP contribution in [0.15, 0.2) is 72.9 Å². The van der Waals surface area contributed by atoms with Crippen LogP contribution in [0.2, 0.25) is 0 Å². The summed E-state index contributed by atoms with van der Waals surface area (Å²) < 4.78 is 57.3. The van der Waals surface area contributed by atoms with E-state index in [1.54, 1.807) is 0 Å². The van der Waals surface area contributed by atoms with Crippen molar-refractivity contribution in [2.24, 2.45) is 0 Å². The van der Waals surface area contributed by atoms with Crippen molar-refractivity contribution < 1.29 is 39.3 Å². The molecule has 0 amide bonds. The third-order valence-corrected chi connectivity index (χ3v) is 8.31. The van der Waals surface area contributed by atoms with E-state index in [-0.39, 0.29) is 21.7 Å². The molecule has 2 aromatic carbocycles. The molecule has 0 unspecified atom stereocenters. The molecule has 4 aromatic rings. The van der Waals surface area contributed by atoms with E-state index >= 15 is 0 Å². The first kappa shape index (κ1) is 36.2. The molecule has 0 saturated carbocycles. The second-order valence-corrected chi connectivity index (χ2v) is 11.6. The van der Waals surface area contributed by atoms with Gasteiger partial charge in [-0.15, -0.1) is 49.2 Å².